The van der Waals surface area contributed by atoms with Gasteiger partial charge < -0.3 is 0 Å². The number of anilines is 1. The van der Waals surface area contributed by atoms with E-state index in [1.54, 1.807) is 48.5 Å². The Bertz CT molecular complexity index is 1200. The Balaban J connectivity index is 1.80. The number of sulfonamides is 1. The Labute approximate surface area is 195 Å². The van der Waals surface area contributed by atoms with Gasteiger partial charge in [-0.1, -0.05) is 59.1 Å². The van der Waals surface area contributed by atoms with Crippen molar-refractivity contribution >= 4 is 62.6 Å². The van der Waals surface area contributed by atoms with Crippen LogP contribution < -0.4 is 9.73 Å². The summed E-state index contributed by atoms with van der Waals surface area (Å²) in [7, 11) is -4.02. The number of hydrogen-bond acceptors (Lipinski definition) is 4. The lowest BCUT2D eigenvalue weighted by molar-refractivity contribution is -0.119. The van der Waals surface area contributed by atoms with Crippen LogP contribution in [-0.2, 0) is 14.8 Å². The van der Waals surface area contributed by atoms with Gasteiger partial charge in [-0.3, -0.25) is 9.10 Å². The van der Waals surface area contributed by atoms with Crippen molar-refractivity contribution in [3.63, 3.8) is 0 Å². The van der Waals surface area contributed by atoms with Crippen LogP contribution in [0.5, 0.6) is 0 Å². The summed E-state index contributed by atoms with van der Waals surface area (Å²) in [6, 6.07) is 18.9. The SMILES string of the molecule is O=C(CN(c1ccccc1)S(=O)(=O)c1ccc(Cl)cc1)N/N=C\c1ccc(Cl)c(Cl)c1. The van der Waals surface area contributed by atoms with E-state index in [9.17, 15) is 13.2 Å². The number of benzene rings is 3. The molecule has 0 aliphatic heterocycles. The fraction of sp³-hybridized carbons (Fsp3) is 0.0476. The first-order valence-electron chi connectivity index (χ1n) is 8.88. The zero-order chi connectivity index (χ0) is 22.4. The fourth-order valence-electron chi connectivity index (χ4n) is 2.58. The van der Waals surface area contributed by atoms with Crippen LogP contribution in [0.3, 0.4) is 0 Å². The first kappa shape index (κ1) is 23.1. The number of halogens is 3. The van der Waals surface area contributed by atoms with Crippen molar-refractivity contribution in [3.8, 4) is 0 Å². The molecule has 1 N–H and O–H groups in total. The van der Waals surface area contributed by atoms with E-state index in [2.05, 4.69) is 10.5 Å². The van der Waals surface area contributed by atoms with Gasteiger partial charge >= 0.3 is 0 Å². The first-order valence-corrected chi connectivity index (χ1v) is 11.4. The van der Waals surface area contributed by atoms with E-state index < -0.39 is 22.5 Å². The maximum atomic E-state index is 13.2. The molecule has 3 aromatic carbocycles. The van der Waals surface area contributed by atoms with Gasteiger partial charge in [0.05, 0.1) is 26.8 Å². The highest BCUT2D eigenvalue weighted by atomic mass is 35.5. The van der Waals surface area contributed by atoms with Crippen LogP contribution in [-0.4, -0.2) is 27.1 Å². The number of nitrogens with one attached hydrogen (secondary N) is 1. The lowest BCUT2D eigenvalue weighted by Crippen LogP contribution is -2.39. The molecule has 0 aliphatic carbocycles. The van der Waals surface area contributed by atoms with Crippen molar-refractivity contribution < 1.29 is 13.2 Å². The topological polar surface area (TPSA) is 78.8 Å². The number of carbonyl (C=O) groups excluding carboxylic acids is 1. The maximum absolute atomic E-state index is 13.2. The largest absolute Gasteiger partial charge is 0.271 e. The van der Waals surface area contributed by atoms with Gasteiger partial charge in [-0.25, -0.2) is 13.8 Å². The van der Waals surface area contributed by atoms with Crippen LogP contribution in [0.4, 0.5) is 5.69 Å². The summed E-state index contributed by atoms with van der Waals surface area (Å²) < 4.78 is 27.4. The summed E-state index contributed by atoms with van der Waals surface area (Å²) in [4.78, 5) is 12.5. The van der Waals surface area contributed by atoms with E-state index in [0.717, 1.165) is 4.31 Å². The minimum atomic E-state index is -4.02. The average molecular weight is 497 g/mol. The van der Waals surface area contributed by atoms with Crippen molar-refractivity contribution in [2.24, 2.45) is 5.10 Å². The summed E-state index contributed by atoms with van der Waals surface area (Å²) in [5.74, 6) is -0.627. The summed E-state index contributed by atoms with van der Waals surface area (Å²) in [5.41, 5.74) is 3.27. The van der Waals surface area contributed by atoms with Gasteiger partial charge in [-0.05, 0) is 54.1 Å². The van der Waals surface area contributed by atoms with Crippen LogP contribution in [0.1, 0.15) is 5.56 Å². The van der Waals surface area contributed by atoms with Crippen LogP contribution in [0.2, 0.25) is 15.1 Å². The summed E-state index contributed by atoms with van der Waals surface area (Å²) >= 11 is 17.7. The van der Waals surface area contributed by atoms with Crippen molar-refractivity contribution in [1.82, 2.24) is 5.43 Å². The molecule has 0 radical (unpaired) electrons. The third-order valence-electron chi connectivity index (χ3n) is 4.08. The molecule has 0 saturated heterocycles. The Morgan fingerprint density at radius 1 is 0.935 bits per heavy atom. The fourth-order valence-corrected chi connectivity index (χ4v) is 4.43. The molecule has 0 heterocycles. The van der Waals surface area contributed by atoms with Crippen LogP contribution in [0.15, 0.2) is 82.8 Å². The van der Waals surface area contributed by atoms with E-state index in [0.29, 0.717) is 26.3 Å². The molecule has 1 amide bonds. The molecule has 160 valence electrons. The molecular formula is C21H16Cl3N3O3S. The van der Waals surface area contributed by atoms with Crippen LogP contribution >= 0.6 is 34.8 Å². The van der Waals surface area contributed by atoms with Gasteiger partial charge in [0.15, 0.2) is 0 Å². The Kier molecular flexibility index (Phi) is 7.56. The predicted octanol–water partition coefficient (Wildman–Crippen LogP) is 4.99. The minimum absolute atomic E-state index is 0.00728. The number of para-hydroxylation sites is 1. The molecule has 31 heavy (non-hydrogen) atoms. The van der Waals surface area contributed by atoms with Gasteiger partial charge in [0, 0.05) is 5.02 Å². The second kappa shape index (κ2) is 10.2. The lowest BCUT2D eigenvalue weighted by Gasteiger charge is -2.23. The number of rotatable bonds is 7. The lowest BCUT2D eigenvalue weighted by atomic mass is 10.2. The third-order valence-corrected chi connectivity index (χ3v) is 6.86. The number of hydrogen-bond donors (Lipinski definition) is 1. The Morgan fingerprint density at radius 3 is 2.26 bits per heavy atom. The van der Waals surface area contributed by atoms with Crippen molar-refractivity contribution in [3.05, 3.63) is 93.4 Å². The zero-order valence-corrected chi connectivity index (χ0v) is 19.0. The Hall–Kier alpha value is -2.58. The van der Waals surface area contributed by atoms with Gasteiger partial charge in [0.2, 0.25) is 0 Å². The van der Waals surface area contributed by atoms with E-state index in [-0.39, 0.29) is 4.90 Å². The standard InChI is InChI=1S/C21H16Cl3N3O3S/c22-16-7-9-18(10-8-16)31(29,30)27(17-4-2-1-3-5-17)14-21(28)26-25-13-15-6-11-19(23)20(24)12-15/h1-13H,14H2,(H,26,28)/b25-13-. The third kappa shape index (κ3) is 5.98. The molecule has 3 aromatic rings. The van der Waals surface area contributed by atoms with Crippen molar-refractivity contribution in [2.45, 2.75) is 4.90 Å². The first-order chi connectivity index (χ1) is 14.8. The zero-order valence-electron chi connectivity index (χ0n) is 15.9. The normalized spacial score (nSPS) is 11.5. The number of nitrogens with zero attached hydrogens (tertiary/aromatic N) is 2. The monoisotopic (exact) mass is 495 g/mol. The van der Waals surface area contributed by atoms with Crippen molar-refractivity contribution in [1.29, 1.82) is 0 Å². The van der Waals surface area contributed by atoms with Crippen molar-refractivity contribution in [2.75, 3.05) is 10.8 Å². The van der Waals surface area contributed by atoms with Gasteiger partial charge in [0.1, 0.15) is 6.54 Å². The van der Waals surface area contributed by atoms with Gasteiger partial charge in [0.25, 0.3) is 15.9 Å². The van der Waals surface area contributed by atoms with E-state index in [4.69, 9.17) is 34.8 Å². The summed E-state index contributed by atoms with van der Waals surface area (Å²) in [6.45, 7) is -0.478. The second-order valence-corrected chi connectivity index (χ2v) is 9.38. The average Bonchev–Trinajstić information content (AvgIpc) is 2.75. The number of hydrazone groups is 1. The van der Waals surface area contributed by atoms with E-state index >= 15 is 0 Å². The molecule has 0 fully saturated rings. The summed E-state index contributed by atoms with van der Waals surface area (Å²) in [5, 5.41) is 5.01. The number of carbonyl (C=O) groups is 1. The van der Waals surface area contributed by atoms with Crippen LogP contribution in [0, 0.1) is 0 Å². The highest BCUT2D eigenvalue weighted by molar-refractivity contribution is 7.92. The van der Waals surface area contributed by atoms with Gasteiger partial charge in [-0.2, -0.15) is 5.10 Å². The highest BCUT2D eigenvalue weighted by Gasteiger charge is 2.27. The minimum Gasteiger partial charge on any atom is -0.271 e. The molecule has 0 atom stereocenters. The smallest absolute Gasteiger partial charge is 0.264 e. The van der Waals surface area contributed by atoms with Crippen LogP contribution in [0.25, 0.3) is 0 Å². The molecule has 0 bridgehead atoms. The molecule has 0 spiro atoms. The molecule has 0 aromatic heterocycles. The molecule has 6 nitrogen and oxygen atoms in total. The molecule has 0 aliphatic rings. The second-order valence-electron chi connectivity index (χ2n) is 6.27. The quantitative estimate of drug-likeness (QED) is 0.370. The molecule has 0 unspecified atom stereocenters. The molecule has 3 rings (SSSR count). The van der Waals surface area contributed by atoms with Gasteiger partial charge in [-0.15, -0.1) is 0 Å². The molecule has 0 saturated carbocycles. The summed E-state index contributed by atoms with van der Waals surface area (Å²) in [6.07, 6.45) is 1.38. The van der Waals surface area contributed by atoms with E-state index in [1.165, 1.54) is 30.5 Å². The maximum Gasteiger partial charge on any atom is 0.264 e. The Morgan fingerprint density at radius 2 is 1.61 bits per heavy atom. The highest BCUT2D eigenvalue weighted by Crippen LogP contribution is 2.24. The van der Waals surface area contributed by atoms with E-state index in [1.807, 2.05) is 0 Å². The number of amides is 1. The molecular weight excluding hydrogens is 481 g/mol. The predicted molar refractivity (Wildman–Crippen MR) is 125 cm³/mol. The molecule has 10 heteroatoms.